The maximum Gasteiger partial charge on any atom is 0.146 e. The molecular weight excluding hydrogens is 345 g/mol. The molecule has 3 heterocycles. The first kappa shape index (κ1) is 18.5. The Morgan fingerprint density at radius 1 is 1.04 bits per heavy atom. The third-order valence-electron chi connectivity index (χ3n) is 4.43. The van der Waals surface area contributed by atoms with Crippen molar-refractivity contribution in [1.29, 1.82) is 0 Å². The van der Waals surface area contributed by atoms with Crippen molar-refractivity contribution in [2.45, 2.75) is 18.9 Å². The number of nitrogens with two attached hydrogens (primary N) is 1. The van der Waals surface area contributed by atoms with E-state index < -0.39 is 0 Å². The SMILES string of the molecule is Cl.Cl.Nc1ncnc2c1c(-c1ccccc1)cn2C1CCNCC1. The molecule has 0 saturated carbocycles. The second-order valence-electron chi connectivity index (χ2n) is 5.75. The maximum absolute atomic E-state index is 6.16. The van der Waals surface area contributed by atoms with Crippen LogP contribution in [0.3, 0.4) is 0 Å². The Kier molecular flexibility index (Phi) is 6.04. The summed E-state index contributed by atoms with van der Waals surface area (Å²) in [5, 5.41) is 4.38. The van der Waals surface area contributed by atoms with E-state index in [2.05, 4.69) is 38.2 Å². The average Bonchev–Trinajstić information content (AvgIpc) is 2.98. The normalized spacial score (nSPS) is 14.8. The Hall–Kier alpha value is -1.82. The zero-order chi connectivity index (χ0) is 14.9. The molecule has 1 aromatic carbocycles. The van der Waals surface area contributed by atoms with Gasteiger partial charge in [0.1, 0.15) is 17.8 Å². The van der Waals surface area contributed by atoms with E-state index in [1.54, 1.807) is 6.33 Å². The van der Waals surface area contributed by atoms with Gasteiger partial charge < -0.3 is 15.6 Å². The van der Waals surface area contributed by atoms with Crippen molar-refractivity contribution in [3.05, 3.63) is 42.9 Å². The van der Waals surface area contributed by atoms with Crippen LogP contribution in [-0.4, -0.2) is 27.6 Å². The molecule has 7 heteroatoms. The number of rotatable bonds is 2. The molecule has 2 aromatic heterocycles. The van der Waals surface area contributed by atoms with Gasteiger partial charge in [-0.2, -0.15) is 0 Å². The van der Waals surface area contributed by atoms with E-state index >= 15 is 0 Å². The molecule has 0 aliphatic carbocycles. The van der Waals surface area contributed by atoms with E-state index in [0.717, 1.165) is 48.1 Å². The highest BCUT2D eigenvalue weighted by Gasteiger charge is 2.21. The van der Waals surface area contributed by atoms with Crippen LogP contribution < -0.4 is 11.1 Å². The van der Waals surface area contributed by atoms with Gasteiger partial charge in [0, 0.05) is 17.8 Å². The van der Waals surface area contributed by atoms with E-state index in [0.29, 0.717) is 11.9 Å². The van der Waals surface area contributed by atoms with Crippen molar-refractivity contribution < 1.29 is 0 Å². The van der Waals surface area contributed by atoms with Crippen molar-refractivity contribution in [1.82, 2.24) is 19.9 Å². The summed E-state index contributed by atoms with van der Waals surface area (Å²) in [5.41, 5.74) is 9.38. The quantitative estimate of drug-likeness (QED) is 0.729. The molecule has 3 N–H and O–H groups in total. The summed E-state index contributed by atoms with van der Waals surface area (Å²) in [6.07, 6.45) is 5.98. The Morgan fingerprint density at radius 2 is 1.75 bits per heavy atom. The second kappa shape index (κ2) is 7.83. The van der Waals surface area contributed by atoms with Crippen LogP contribution in [-0.2, 0) is 0 Å². The van der Waals surface area contributed by atoms with E-state index in [9.17, 15) is 0 Å². The van der Waals surface area contributed by atoms with Gasteiger partial charge in [-0.25, -0.2) is 9.97 Å². The fourth-order valence-corrected chi connectivity index (χ4v) is 3.31. The molecule has 5 nitrogen and oxygen atoms in total. The van der Waals surface area contributed by atoms with Crippen molar-refractivity contribution >= 4 is 41.7 Å². The summed E-state index contributed by atoms with van der Waals surface area (Å²) < 4.78 is 2.29. The van der Waals surface area contributed by atoms with Gasteiger partial charge in [-0.1, -0.05) is 30.3 Å². The monoisotopic (exact) mass is 365 g/mol. The van der Waals surface area contributed by atoms with Gasteiger partial charge in [-0.05, 0) is 31.5 Å². The highest BCUT2D eigenvalue weighted by molar-refractivity contribution is 6.00. The molecular formula is C17H21Cl2N5. The lowest BCUT2D eigenvalue weighted by Crippen LogP contribution is -2.29. The first-order valence-electron chi connectivity index (χ1n) is 7.72. The molecule has 4 rings (SSSR count). The van der Waals surface area contributed by atoms with Gasteiger partial charge >= 0.3 is 0 Å². The van der Waals surface area contributed by atoms with Crippen LogP contribution in [0.1, 0.15) is 18.9 Å². The number of anilines is 1. The van der Waals surface area contributed by atoms with Crippen LogP contribution in [0.5, 0.6) is 0 Å². The van der Waals surface area contributed by atoms with Crippen LogP contribution >= 0.6 is 24.8 Å². The summed E-state index contributed by atoms with van der Waals surface area (Å²) in [6, 6.07) is 10.8. The van der Waals surface area contributed by atoms with Gasteiger partial charge in [0.25, 0.3) is 0 Å². The Morgan fingerprint density at radius 3 is 2.46 bits per heavy atom. The van der Waals surface area contributed by atoms with Crippen LogP contribution in [0.25, 0.3) is 22.2 Å². The van der Waals surface area contributed by atoms with Gasteiger partial charge in [0.2, 0.25) is 0 Å². The molecule has 0 amide bonds. The predicted octanol–water partition coefficient (Wildman–Crippen LogP) is 3.45. The summed E-state index contributed by atoms with van der Waals surface area (Å²) in [7, 11) is 0. The molecule has 1 aliphatic rings. The Labute approximate surface area is 153 Å². The molecule has 0 bridgehead atoms. The molecule has 1 aliphatic heterocycles. The van der Waals surface area contributed by atoms with E-state index in [-0.39, 0.29) is 24.8 Å². The van der Waals surface area contributed by atoms with Crippen LogP contribution in [0.15, 0.2) is 42.9 Å². The van der Waals surface area contributed by atoms with Gasteiger partial charge in [0.15, 0.2) is 0 Å². The van der Waals surface area contributed by atoms with Crippen LogP contribution in [0.4, 0.5) is 5.82 Å². The van der Waals surface area contributed by atoms with Crippen molar-refractivity contribution in [2.75, 3.05) is 18.8 Å². The van der Waals surface area contributed by atoms with Gasteiger partial charge in [0.05, 0.1) is 5.39 Å². The van der Waals surface area contributed by atoms with Crippen molar-refractivity contribution in [2.24, 2.45) is 0 Å². The molecule has 24 heavy (non-hydrogen) atoms. The Bertz CT molecular complexity index is 797. The summed E-state index contributed by atoms with van der Waals surface area (Å²) >= 11 is 0. The van der Waals surface area contributed by atoms with Gasteiger partial charge in [-0.15, -0.1) is 24.8 Å². The molecule has 3 aromatic rings. The average molecular weight is 366 g/mol. The van der Waals surface area contributed by atoms with Crippen molar-refractivity contribution in [3.8, 4) is 11.1 Å². The molecule has 128 valence electrons. The van der Waals surface area contributed by atoms with E-state index in [4.69, 9.17) is 5.73 Å². The molecule has 0 radical (unpaired) electrons. The minimum absolute atomic E-state index is 0. The summed E-state index contributed by atoms with van der Waals surface area (Å²) in [5.74, 6) is 0.552. The third-order valence-corrected chi connectivity index (χ3v) is 4.43. The number of nitrogen functional groups attached to an aromatic ring is 1. The lowest BCUT2D eigenvalue weighted by atomic mass is 10.1. The standard InChI is InChI=1S/C17H19N5.2ClH/c18-16-15-14(12-4-2-1-3-5-12)10-22(17(15)21-11-20-16)13-6-8-19-9-7-13;;/h1-5,10-11,13,19H,6-9H2,(H2,18,20,21);2*1H. The summed E-state index contributed by atoms with van der Waals surface area (Å²) in [4.78, 5) is 8.71. The smallest absolute Gasteiger partial charge is 0.146 e. The second-order valence-corrected chi connectivity index (χ2v) is 5.75. The molecule has 0 spiro atoms. The van der Waals surface area contributed by atoms with E-state index in [1.807, 2.05) is 18.2 Å². The number of aromatic nitrogens is 3. The first-order chi connectivity index (χ1) is 10.8. The molecule has 0 atom stereocenters. The highest BCUT2D eigenvalue weighted by Crippen LogP contribution is 2.35. The number of hydrogen-bond acceptors (Lipinski definition) is 4. The first-order valence-corrected chi connectivity index (χ1v) is 7.72. The maximum atomic E-state index is 6.16. The minimum atomic E-state index is 0. The minimum Gasteiger partial charge on any atom is -0.383 e. The number of hydrogen-bond donors (Lipinski definition) is 2. The lowest BCUT2D eigenvalue weighted by Gasteiger charge is -2.24. The fraction of sp³-hybridized carbons (Fsp3) is 0.294. The predicted molar refractivity (Wildman–Crippen MR) is 103 cm³/mol. The molecule has 1 fully saturated rings. The summed E-state index contributed by atoms with van der Waals surface area (Å²) in [6.45, 7) is 2.09. The lowest BCUT2D eigenvalue weighted by molar-refractivity contribution is 0.375. The van der Waals surface area contributed by atoms with Crippen LogP contribution in [0, 0.1) is 0 Å². The zero-order valence-corrected chi connectivity index (χ0v) is 14.8. The topological polar surface area (TPSA) is 68.8 Å². The zero-order valence-electron chi connectivity index (χ0n) is 13.2. The highest BCUT2D eigenvalue weighted by atomic mass is 35.5. The largest absolute Gasteiger partial charge is 0.383 e. The molecule has 1 saturated heterocycles. The number of halogens is 2. The van der Waals surface area contributed by atoms with Crippen molar-refractivity contribution in [3.63, 3.8) is 0 Å². The van der Waals surface area contributed by atoms with Crippen LogP contribution in [0.2, 0.25) is 0 Å². The third kappa shape index (κ3) is 3.20. The number of piperidine rings is 1. The number of benzene rings is 1. The number of fused-ring (bicyclic) bond motifs is 1. The number of nitrogens with one attached hydrogen (secondary N) is 1. The fourth-order valence-electron chi connectivity index (χ4n) is 3.31. The number of nitrogens with zero attached hydrogens (tertiary/aromatic N) is 3. The molecule has 0 unspecified atom stereocenters. The van der Waals surface area contributed by atoms with E-state index in [1.165, 1.54) is 0 Å². The van der Waals surface area contributed by atoms with Gasteiger partial charge in [-0.3, -0.25) is 0 Å². The Balaban J connectivity index is 0.00000104.